The van der Waals surface area contributed by atoms with Gasteiger partial charge >= 0.3 is 0 Å². The Balaban J connectivity index is 2.37. The Morgan fingerprint density at radius 1 is 1.20 bits per heavy atom. The van der Waals surface area contributed by atoms with Crippen molar-refractivity contribution in [2.45, 2.75) is 72.6 Å². The van der Waals surface area contributed by atoms with Crippen molar-refractivity contribution in [3.8, 4) is 0 Å². The Labute approximate surface area is 126 Å². The first-order chi connectivity index (χ1) is 9.35. The Hall–Kier alpha value is -0.560. The van der Waals surface area contributed by atoms with E-state index in [1.165, 1.54) is 50.5 Å². The fraction of sp³-hybridized carbons (Fsp3) is 0.789. The van der Waals surface area contributed by atoms with E-state index in [1.807, 2.05) is 7.05 Å². The van der Waals surface area contributed by atoms with Gasteiger partial charge in [-0.1, -0.05) is 56.9 Å². The van der Waals surface area contributed by atoms with Crippen molar-refractivity contribution >= 4 is 0 Å². The van der Waals surface area contributed by atoms with Crippen LogP contribution in [0, 0.1) is 11.3 Å². The summed E-state index contributed by atoms with van der Waals surface area (Å²) in [6.07, 6.45) is 9.18. The summed E-state index contributed by atoms with van der Waals surface area (Å²) in [6.45, 7) is 14.6. The van der Waals surface area contributed by atoms with Gasteiger partial charge in [0.15, 0.2) is 0 Å². The van der Waals surface area contributed by atoms with Gasteiger partial charge in [-0.05, 0) is 58.0 Å². The van der Waals surface area contributed by atoms with E-state index in [0.29, 0.717) is 5.41 Å². The van der Waals surface area contributed by atoms with Crippen molar-refractivity contribution in [1.29, 1.82) is 0 Å². The summed E-state index contributed by atoms with van der Waals surface area (Å²) in [5.74, 6) is 0.731. The van der Waals surface area contributed by atoms with Crippen LogP contribution in [0.4, 0.5) is 0 Å². The average molecular weight is 277 g/mol. The monoisotopic (exact) mass is 277 g/mol. The topological polar surface area (TPSA) is 12.0 Å². The van der Waals surface area contributed by atoms with Crippen molar-refractivity contribution in [1.82, 2.24) is 5.32 Å². The lowest BCUT2D eigenvalue weighted by atomic mass is 9.88. The summed E-state index contributed by atoms with van der Waals surface area (Å²) in [7, 11) is 2.04. The van der Waals surface area contributed by atoms with Crippen LogP contribution in [0.15, 0.2) is 23.3 Å². The minimum atomic E-state index is 0.492. The molecule has 0 radical (unpaired) electrons. The molecule has 0 aromatic carbocycles. The highest BCUT2D eigenvalue weighted by Gasteiger charge is 2.31. The molecule has 0 amide bonds. The molecule has 1 fully saturated rings. The average Bonchev–Trinajstić information content (AvgIpc) is 3.06. The molecule has 1 unspecified atom stereocenters. The molecule has 1 aliphatic rings. The highest BCUT2D eigenvalue weighted by molar-refractivity contribution is 5.35. The highest BCUT2D eigenvalue weighted by Crippen LogP contribution is 2.45. The molecule has 1 heteroatoms. The lowest BCUT2D eigenvalue weighted by Gasteiger charge is -2.18. The molecule has 0 aliphatic heterocycles. The maximum absolute atomic E-state index is 4.16. The summed E-state index contributed by atoms with van der Waals surface area (Å²) >= 11 is 0. The number of rotatable bonds is 9. The fourth-order valence-electron chi connectivity index (χ4n) is 2.88. The van der Waals surface area contributed by atoms with Crippen LogP contribution < -0.4 is 5.32 Å². The number of unbranched alkanes of at least 4 members (excludes halogenated alkanes) is 2. The van der Waals surface area contributed by atoms with E-state index in [1.54, 1.807) is 11.1 Å². The van der Waals surface area contributed by atoms with E-state index in [4.69, 9.17) is 0 Å². The van der Waals surface area contributed by atoms with Crippen LogP contribution in [0.3, 0.4) is 0 Å². The number of hydrogen-bond donors (Lipinski definition) is 1. The van der Waals surface area contributed by atoms with Crippen molar-refractivity contribution < 1.29 is 0 Å². The summed E-state index contributed by atoms with van der Waals surface area (Å²) < 4.78 is 0. The third-order valence-corrected chi connectivity index (χ3v) is 4.39. The van der Waals surface area contributed by atoms with Gasteiger partial charge < -0.3 is 5.32 Å². The first-order valence-electron chi connectivity index (χ1n) is 8.36. The molecule has 1 N–H and O–H groups in total. The van der Waals surface area contributed by atoms with Crippen molar-refractivity contribution in [3.05, 3.63) is 23.3 Å². The van der Waals surface area contributed by atoms with Crippen LogP contribution in [0.1, 0.15) is 72.6 Å². The molecular weight excluding hydrogens is 242 g/mol. The van der Waals surface area contributed by atoms with Crippen LogP contribution in [-0.2, 0) is 0 Å². The largest absolute Gasteiger partial charge is 0.319 e. The molecule has 1 aliphatic carbocycles. The summed E-state index contributed by atoms with van der Waals surface area (Å²) in [5.41, 5.74) is 5.27. The predicted molar refractivity (Wildman–Crippen MR) is 91.0 cm³/mol. The third-order valence-electron chi connectivity index (χ3n) is 4.39. The second kappa shape index (κ2) is 8.02. The molecule has 1 saturated carbocycles. The van der Waals surface area contributed by atoms with E-state index in [-0.39, 0.29) is 0 Å². The molecule has 0 aromatic rings. The van der Waals surface area contributed by atoms with Gasteiger partial charge in [-0.15, -0.1) is 0 Å². The van der Waals surface area contributed by atoms with E-state index < -0.39 is 0 Å². The highest BCUT2D eigenvalue weighted by atomic mass is 14.8. The van der Waals surface area contributed by atoms with Gasteiger partial charge in [0.2, 0.25) is 0 Å². The lowest BCUT2D eigenvalue weighted by Crippen LogP contribution is -2.09. The minimum absolute atomic E-state index is 0.492. The van der Waals surface area contributed by atoms with Crippen LogP contribution in [-0.4, -0.2) is 13.6 Å². The zero-order valence-corrected chi connectivity index (χ0v) is 14.4. The van der Waals surface area contributed by atoms with Gasteiger partial charge in [0.1, 0.15) is 0 Å². The SMILES string of the molecule is C=C1CC1/C(CCCCCC(C)(C)C)=C(/C)CCNC. The quantitative estimate of drug-likeness (QED) is 0.434. The third kappa shape index (κ3) is 6.74. The number of allylic oxidation sites excluding steroid dienone is 2. The van der Waals surface area contributed by atoms with Gasteiger partial charge in [0.05, 0.1) is 0 Å². The second-order valence-electron chi connectivity index (χ2n) is 7.70. The molecular formula is C19H35N. The molecule has 1 nitrogen and oxygen atoms in total. The number of nitrogens with one attached hydrogen (secondary N) is 1. The Bertz CT molecular complexity index is 343. The summed E-state index contributed by atoms with van der Waals surface area (Å²) in [5, 5.41) is 3.26. The molecule has 0 spiro atoms. The Morgan fingerprint density at radius 2 is 1.85 bits per heavy atom. The molecule has 20 heavy (non-hydrogen) atoms. The van der Waals surface area contributed by atoms with E-state index in [2.05, 4.69) is 39.6 Å². The van der Waals surface area contributed by atoms with Crippen molar-refractivity contribution in [3.63, 3.8) is 0 Å². The van der Waals surface area contributed by atoms with Gasteiger partial charge in [-0.3, -0.25) is 0 Å². The maximum atomic E-state index is 4.16. The molecule has 1 rings (SSSR count). The van der Waals surface area contributed by atoms with E-state index in [0.717, 1.165) is 12.5 Å². The molecule has 1 atom stereocenters. The molecule has 0 aromatic heterocycles. The predicted octanol–water partition coefficient (Wildman–Crippen LogP) is 5.49. The Kier molecular flexibility index (Phi) is 7.02. The molecule has 0 saturated heterocycles. The van der Waals surface area contributed by atoms with Gasteiger partial charge in [-0.2, -0.15) is 0 Å². The van der Waals surface area contributed by atoms with Crippen LogP contribution >= 0.6 is 0 Å². The van der Waals surface area contributed by atoms with Crippen molar-refractivity contribution in [2.24, 2.45) is 11.3 Å². The normalized spacial score (nSPS) is 20.1. The van der Waals surface area contributed by atoms with E-state index in [9.17, 15) is 0 Å². The molecule has 0 bridgehead atoms. The zero-order valence-electron chi connectivity index (χ0n) is 14.4. The Morgan fingerprint density at radius 3 is 2.35 bits per heavy atom. The van der Waals surface area contributed by atoms with Crippen LogP contribution in [0.2, 0.25) is 0 Å². The van der Waals surface area contributed by atoms with Gasteiger partial charge in [-0.25, -0.2) is 0 Å². The first kappa shape index (κ1) is 17.5. The fourth-order valence-corrected chi connectivity index (χ4v) is 2.88. The maximum Gasteiger partial charge on any atom is 0.00444 e. The molecule has 0 heterocycles. The lowest BCUT2D eigenvalue weighted by molar-refractivity contribution is 0.358. The summed E-state index contributed by atoms with van der Waals surface area (Å²) in [4.78, 5) is 0. The molecule has 116 valence electrons. The van der Waals surface area contributed by atoms with Gasteiger partial charge in [0.25, 0.3) is 0 Å². The number of hydrogen-bond acceptors (Lipinski definition) is 1. The smallest absolute Gasteiger partial charge is 0.00444 e. The minimum Gasteiger partial charge on any atom is -0.319 e. The first-order valence-corrected chi connectivity index (χ1v) is 8.36. The van der Waals surface area contributed by atoms with Crippen LogP contribution in [0.5, 0.6) is 0 Å². The van der Waals surface area contributed by atoms with Gasteiger partial charge in [0, 0.05) is 5.92 Å². The second-order valence-corrected chi connectivity index (χ2v) is 7.70. The standard InChI is InChI=1S/C19H35N/c1-15(11-13-20-6)17(18-14-16(18)2)10-8-7-9-12-19(3,4)5/h18,20H,2,7-14H2,1,3-6H3/b17-15-. The van der Waals surface area contributed by atoms with E-state index >= 15 is 0 Å². The summed E-state index contributed by atoms with van der Waals surface area (Å²) in [6, 6.07) is 0. The van der Waals surface area contributed by atoms with Crippen molar-refractivity contribution in [2.75, 3.05) is 13.6 Å². The zero-order chi connectivity index (χ0) is 15.2. The van der Waals surface area contributed by atoms with Crippen LogP contribution in [0.25, 0.3) is 0 Å².